The molecule has 0 amide bonds. The van der Waals surface area contributed by atoms with E-state index in [4.69, 9.17) is 17.0 Å². The number of hydrogen-bond donors (Lipinski definition) is 6. The summed E-state index contributed by atoms with van der Waals surface area (Å²) >= 11 is 6.06. The first-order chi connectivity index (χ1) is 26.0. The number of ether oxygens (including phenoxy) is 1. The molecule has 0 spiro atoms. The zero-order valence-corrected chi connectivity index (χ0v) is 30.4. The Bertz CT molecular complexity index is 2050. The minimum Gasteiger partial charge on any atom is -0.508 e. The van der Waals surface area contributed by atoms with Gasteiger partial charge in [-0.1, -0.05) is 91.0 Å². The highest BCUT2D eigenvalue weighted by atomic mass is 32.1. The Balaban J connectivity index is 1.19. The summed E-state index contributed by atoms with van der Waals surface area (Å²) in [7, 11) is 1.92. The maximum atomic E-state index is 13.6. The first-order valence-corrected chi connectivity index (χ1v) is 18.4. The van der Waals surface area contributed by atoms with E-state index in [2.05, 4.69) is 12.1 Å². The molecule has 2 fully saturated rings. The van der Waals surface area contributed by atoms with Gasteiger partial charge in [0.1, 0.15) is 42.1 Å². The van der Waals surface area contributed by atoms with E-state index < -0.39 is 49.3 Å². The number of aliphatic hydroxyl groups excluding tert-OH is 5. The Hall–Kier alpha value is -4.72. The second kappa shape index (κ2) is 15.9. The third kappa shape index (κ3) is 7.36. The summed E-state index contributed by atoms with van der Waals surface area (Å²) in [4.78, 5) is 4.05. The number of halogens is 1. The molecule has 11 heteroatoms. The average Bonchev–Trinajstić information content (AvgIpc) is 3.44. The minimum atomic E-state index is -1.48. The Labute approximate surface area is 318 Å². The number of thiocarbonyl (C=S) groups is 1. The van der Waals surface area contributed by atoms with Crippen molar-refractivity contribution < 1.29 is 39.8 Å². The quantitative estimate of drug-likeness (QED) is 0.0938. The van der Waals surface area contributed by atoms with Crippen LogP contribution in [0.3, 0.4) is 0 Å². The molecule has 2 aliphatic heterocycles. The van der Waals surface area contributed by atoms with E-state index in [1.54, 1.807) is 30.3 Å². The van der Waals surface area contributed by atoms with Crippen LogP contribution in [0.4, 0.5) is 10.1 Å². The molecule has 0 aliphatic carbocycles. The molecule has 2 heterocycles. The van der Waals surface area contributed by atoms with Gasteiger partial charge < -0.3 is 45.2 Å². The molecule has 280 valence electrons. The number of aromatic hydroxyl groups is 1. The van der Waals surface area contributed by atoms with Crippen LogP contribution < -0.4 is 4.90 Å². The second-order valence-corrected chi connectivity index (χ2v) is 14.3. The monoisotopic (exact) mass is 750 g/mol. The summed E-state index contributed by atoms with van der Waals surface area (Å²) in [6.07, 6.45) is -6.23. The van der Waals surface area contributed by atoms with Gasteiger partial charge >= 0.3 is 0 Å². The lowest BCUT2D eigenvalue weighted by Gasteiger charge is -2.40. The first-order valence-electron chi connectivity index (χ1n) is 17.9. The fourth-order valence-corrected chi connectivity index (χ4v) is 7.98. The number of rotatable bonds is 10. The zero-order valence-electron chi connectivity index (χ0n) is 29.6. The Morgan fingerprint density at radius 3 is 2.02 bits per heavy atom. The van der Waals surface area contributed by atoms with Crippen LogP contribution in [0.5, 0.6) is 5.75 Å². The van der Waals surface area contributed by atoms with Crippen LogP contribution in [0.25, 0.3) is 22.3 Å². The molecule has 0 saturated carbocycles. The molecule has 0 aromatic heterocycles. The van der Waals surface area contributed by atoms with E-state index in [0.29, 0.717) is 34.6 Å². The zero-order chi connectivity index (χ0) is 38.1. The largest absolute Gasteiger partial charge is 0.508 e. The summed E-state index contributed by atoms with van der Waals surface area (Å²) in [5.41, 5.74) is 6.32. The lowest BCUT2D eigenvalue weighted by molar-refractivity contribution is -0.231. The maximum absolute atomic E-state index is 13.6. The first kappa shape index (κ1) is 37.6. The predicted octanol–water partition coefficient (Wildman–Crippen LogP) is 6.04. The SMILES string of the molecule is CN1C(=S)N(c2ccc(-c3ccccc3)cc2)[C@H](c2ccc(-c3ccc([C@@H]4O[C@H](CO)[C@@H](O)[C@H](O)[C@H]4O)cc3)cc2O)[C@@H]1CCC(O)c1ccc(F)cc1. The number of phenols is 1. The Kier molecular flexibility index (Phi) is 11.1. The number of nitrogens with zero attached hydrogens (tertiary/aromatic N) is 2. The van der Waals surface area contributed by atoms with Gasteiger partial charge in [-0.2, -0.15) is 0 Å². The van der Waals surface area contributed by atoms with Crippen molar-refractivity contribution in [2.45, 2.75) is 61.5 Å². The standard InChI is InChI=1S/C43H43FN2O7S/c1-45-34(21-22-35(48)28-11-16-31(44)17-12-28)38(46(43(45)54)32-18-13-26(14-19-32)25-5-3-2-4-6-25)33-20-15-30(23-36(33)49)27-7-9-29(10-8-27)42-41(52)40(51)39(50)37(24-47)53-42/h2-20,23,34-35,37-42,47-52H,21-22,24H2,1H3/t34-,35?,37+,38+,39+,40-,41+,42-/m0/s1. The topological polar surface area (TPSA) is 137 Å². The summed E-state index contributed by atoms with van der Waals surface area (Å²) in [6, 6.07) is 36.0. The second-order valence-electron chi connectivity index (χ2n) is 14.0. The molecular weight excluding hydrogens is 708 g/mol. The van der Waals surface area contributed by atoms with E-state index in [0.717, 1.165) is 27.9 Å². The van der Waals surface area contributed by atoms with Crippen molar-refractivity contribution in [3.05, 3.63) is 144 Å². The van der Waals surface area contributed by atoms with Crippen LogP contribution in [0, 0.1) is 5.82 Å². The van der Waals surface area contributed by atoms with Crippen molar-refractivity contribution >= 4 is 23.0 Å². The predicted molar refractivity (Wildman–Crippen MR) is 208 cm³/mol. The van der Waals surface area contributed by atoms with Gasteiger partial charge in [-0.25, -0.2) is 4.39 Å². The molecule has 2 aliphatic rings. The molecule has 8 atom stereocenters. The van der Waals surface area contributed by atoms with Gasteiger partial charge in [-0.3, -0.25) is 0 Å². The number of benzene rings is 5. The van der Waals surface area contributed by atoms with Crippen LogP contribution in [-0.2, 0) is 4.74 Å². The molecular formula is C43H43FN2O7S. The van der Waals surface area contributed by atoms with Crippen LogP contribution in [0.2, 0.25) is 0 Å². The molecule has 54 heavy (non-hydrogen) atoms. The van der Waals surface area contributed by atoms with Crippen LogP contribution in [-0.4, -0.2) is 84.8 Å². The highest BCUT2D eigenvalue weighted by Crippen LogP contribution is 2.45. The van der Waals surface area contributed by atoms with Crippen molar-refractivity contribution in [1.29, 1.82) is 0 Å². The molecule has 6 N–H and O–H groups in total. The number of phenolic OH excluding ortho intramolecular Hbond substituents is 1. The third-order valence-corrected chi connectivity index (χ3v) is 11.2. The van der Waals surface area contributed by atoms with Gasteiger partial charge in [-0.05, 0) is 88.8 Å². The number of likely N-dealkylation sites (N-methyl/N-ethyl adjacent to an activating group) is 1. The number of anilines is 1. The lowest BCUT2D eigenvalue weighted by atomic mass is 9.89. The number of hydrogen-bond acceptors (Lipinski definition) is 8. The molecule has 7 rings (SSSR count). The normalized spacial score (nSPS) is 24.9. The van der Waals surface area contributed by atoms with E-state index in [1.807, 2.05) is 83.6 Å². The summed E-state index contributed by atoms with van der Waals surface area (Å²) in [5.74, 6) is -0.312. The van der Waals surface area contributed by atoms with Gasteiger partial charge in [-0.15, -0.1) is 0 Å². The van der Waals surface area contributed by atoms with Gasteiger partial charge in [0, 0.05) is 18.3 Å². The van der Waals surface area contributed by atoms with Crippen LogP contribution in [0.15, 0.2) is 121 Å². The van der Waals surface area contributed by atoms with Crippen molar-refractivity contribution in [2.75, 3.05) is 18.6 Å². The molecule has 5 aromatic rings. The summed E-state index contributed by atoms with van der Waals surface area (Å²) in [6.45, 7) is -0.515. The maximum Gasteiger partial charge on any atom is 0.176 e. The van der Waals surface area contributed by atoms with E-state index in [-0.39, 0.29) is 17.6 Å². The smallest absolute Gasteiger partial charge is 0.176 e. The molecule has 2 saturated heterocycles. The minimum absolute atomic E-state index is 0.0589. The average molecular weight is 751 g/mol. The number of aliphatic hydroxyl groups is 5. The Morgan fingerprint density at radius 2 is 1.37 bits per heavy atom. The van der Waals surface area contributed by atoms with Crippen molar-refractivity contribution in [3.8, 4) is 28.0 Å². The van der Waals surface area contributed by atoms with Gasteiger partial charge in [0.2, 0.25) is 0 Å². The summed E-state index contributed by atoms with van der Waals surface area (Å²) in [5, 5.41) is 64.1. The Morgan fingerprint density at radius 1 is 0.759 bits per heavy atom. The molecule has 5 aromatic carbocycles. The van der Waals surface area contributed by atoms with E-state index in [9.17, 15) is 35.0 Å². The highest BCUT2D eigenvalue weighted by Gasteiger charge is 2.45. The van der Waals surface area contributed by atoms with Crippen molar-refractivity contribution in [2.24, 2.45) is 0 Å². The highest BCUT2D eigenvalue weighted by molar-refractivity contribution is 7.80. The molecule has 0 radical (unpaired) electrons. The molecule has 1 unspecified atom stereocenters. The molecule has 0 bridgehead atoms. The molecule has 9 nitrogen and oxygen atoms in total. The fraction of sp³-hybridized carbons (Fsp3) is 0.279. The fourth-order valence-electron chi connectivity index (χ4n) is 7.62. The van der Waals surface area contributed by atoms with E-state index in [1.165, 1.54) is 12.1 Å². The van der Waals surface area contributed by atoms with Gasteiger partial charge in [0.05, 0.1) is 24.8 Å². The van der Waals surface area contributed by atoms with Crippen molar-refractivity contribution in [3.63, 3.8) is 0 Å². The van der Waals surface area contributed by atoms with Gasteiger partial charge in [0.15, 0.2) is 5.11 Å². The van der Waals surface area contributed by atoms with Crippen LogP contribution in [0.1, 0.15) is 47.8 Å². The van der Waals surface area contributed by atoms with Crippen molar-refractivity contribution in [1.82, 2.24) is 4.90 Å². The van der Waals surface area contributed by atoms with Crippen LogP contribution >= 0.6 is 12.2 Å². The third-order valence-electron chi connectivity index (χ3n) is 10.7. The lowest BCUT2D eigenvalue weighted by Crippen LogP contribution is -2.55. The van der Waals surface area contributed by atoms with E-state index >= 15 is 0 Å². The van der Waals surface area contributed by atoms with Gasteiger partial charge in [0.25, 0.3) is 0 Å². The summed E-state index contributed by atoms with van der Waals surface area (Å²) < 4.78 is 19.3.